The summed E-state index contributed by atoms with van der Waals surface area (Å²) in [5.41, 5.74) is 4.64. The average molecular weight is 351 g/mol. The monoisotopic (exact) mass is 351 g/mol. The van der Waals surface area contributed by atoms with Crippen molar-refractivity contribution in [3.05, 3.63) is 52.9 Å². The zero-order chi connectivity index (χ0) is 18.9. The Bertz CT molecular complexity index is 837. The van der Waals surface area contributed by atoms with Crippen molar-refractivity contribution in [3.63, 3.8) is 0 Å². The van der Waals surface area contributed by atoms with Gasteiger partial charge >= 0.3 is 0 Å². The first kappa shape index (κ1) is 18.4. The number of allylic oxidation sites excluding steroid dienone is 4. The van der Waals surface area contributed by atoms with Crippen molar-refractivity contribution in [2.75, 3.05) is 24.4 Å². The minimum atomic E-state index is -0.740. The van der Waals surface area contributed by atoms with Gasteiger partial charge in [-0.1, -0.05) is 0 Å². The van der Waals surface area contributed by atoms with Crippen LogP contribution < -0.4 is 15.5 Å². The van der Waals surface area contributed by atoms with Gasteiger partial charge < -0.3 is 20.5 Å². The van der Waals surface area contributed by atoms with E-state index < -0.39 is 10.8 Å². The van der Waals surface area contributed by atoms with Crippen LogP contribution in [0.15, 0.2) is 47.6 Å². The number of hydrogen-bond donors (Lipinski definition) is 2. The molecule has 26 heavy (non-hydrogen) atoms. The summed E-state index contributed by atoms with van der Waals surface area (Å²) in [4.78, 5) is -0.477. The topological polar surface area (TPSA) is 142 Å². The minimum absolute atomic E-state index is 0.00926. The van der Waals surface area contributed by atoms with Gasteiger partial charge in [0.25, 0.3) is 0 Å². The quantitative estimate of drug-likeness (QED) is 0.454. The van der Waals surface area contributed by atoms with Gasteiger partial charge in [-0.05, 0) is 24.3 Å². The lowest BCUT2D eigenvalue weighted by Crippen LogP contribution is -2.11. The average Bonchev–Trinajstić information content (AvgIpc) is 2.67. The first-order valence-corrected chi connectivity index (χ1v) is 7.49. The molecule has 132 valence electrons. The second kappa shape index (κ2) is 8.76. The van der Waals surface area contributed by atoms with E-state index in [9.17, 15) is 10.4 Å². The van der Waals surface area contributed by atoms with Gasteiger partial charge in [-0.3, -0.25) is 5.43 Å². The molecule has 0 fully saturated rings. The maximum Gasteiger partial charge on any atom is 0.222 e. The van der Waals surface area contributed by atoms with E-state index in [1.165, 1.54) is 31.4 Å². The third-order valence-corrected chi connectivity index (χ3v) is 3.39. The lowest BCUT2D eigenvalue weighted by Gasteiger charge is -2.12. The zero-order valence-corrected chi connectivity index (χ0v) is 13.8. The van der Waals surface area contributed by atoms with Crippen LogP contribution in [-0.4, -0.2) is 30.0 Å². The van der Waals surface area contributed by atoms with E-state index in [1.54, 1.807) is 18.2 Å². The summed E-state index contributed by atoms with van der Waals surface area (Å²) in [5, 5.41) is 46.0. The molecule has 0 atom stereocenters. The molecule has 0 radical (unpaired) electrons. The summed E-state index contributed by atoms with van der Waals surface area (Å²) in [6.45, 7) is 0.204. The highest BCUT2D eigenvalue weighted by atomic mass is 16.8. The summed E-state index contributed by atoms with van der Waals surface area (Å²) in [5.74, 6) is -0.234. The normalized spacial score (nSPS) is 12.3. The lowest BCUT2D eigenvalue weighted by molar-refractivity contribution is -0.377. The van der Waals surface area contributed by atoms with Gasteiger partial charge in [-0.25, -0.2) is 0 Å². The van der Waals surface area contributed by atoms with Crippen molar-refractivity contribution in [2.45, 2.75) is 0 Å². The van der Waals surface area contributed by atoms with Crippen molar-refractivity contribution >= 4 is 22.8 Å². The molecule has 2 rings (SSSR count). The number of nitrogens with zero attached hydrogens (tertiary/aromatic N) is 4. The number of anilines is 2. The first-order valence-electron chi connectivity index (χ1n) is 7.49. The van der Waals surface area contributed by atoms with E-state index in [2.05, 4.69) is 15.8 Å². The molecule has 0 aromatic heterocycles. The smallest absolute Gasteiger partial charge is 0.222 e. The molecule has 0 amide bonds. The fraction of sp³-hybridized carbons (Fsp3) is 0.176. The number of nitrogens with one attached hydrogen (secondary N) is 2. The summed E-state index contributed by atoms with van der Waals surface area (Å²) in [6, 6.07) is 8.96. The molecule has 0 saturated heterocycles. The Balaban J connectivity index is 2.07. The molecule has 0 unspecified atom stereocenters. The van der Waals surface area contributed by atoms with Crippen LogP contribution in [0.25, 0.3) is 0 Å². The van der Waals surface area contributed by atoms with E-state index in [0.717, 1.165) is 0 Å². The van der Waals surface area contributed by atoms with Crippen LogP contribution >= 0.6 is 0 Å². The molecule has 1 aromatic carbocycles. The van der Waals surface area contributed by atoms with Crippen LogP contribution in [0.2, 0.25) is 0 Å². The molecule has 2 N–H and O–H groups in total. The highest BCUT2D eigenvalue weighted by Gasteiger charge is 2.08. The van der Waals surface area contributed by atoms with E-state index in [-0.39, 0.29) is 12.3 Å². The summed E-state index contributed by atoms with van der Waals surface area (Å²) in [6.07, 6.45) is 5.78. The Morgan fingerprint density at radius 3 is 2.46 bits per heavy atom. The number of ether oxygens (including phenoxy) is 1. The van der Waals surface area contributed by atoms with Crippen molar-refractivity contribution in [3.8, 4) is 17.9 Å². The van der Waals surface area contributed by atoms with Crippen molar-refractivity contribution in [1.29, 1.82) is 10.5 Å². The van der Waals surface area contributed by atoms with Crippen LogP contribution in [0, 0.1) is 39.0 Å². The predicted octanol–water partition coefficient (Wildman–Crippen LogP) is 2.11. The summed E-state index contributed by atoms with van der Waals surface area (Å²) in [7, 11) is 1.50. The van der Waals surface area contributed by atoms with E-state index in [4.69, 9.17) is 15.3 Å². The number of hydrazone groups is 1. The molecule has 1 aliphatic rings. The van der Waals surface area contributed by atoms with Crippen LogP contribution in [0.5, 0.6) is 5.75 Å². The molecule has 9 nitrogen and oxygen atoms in total. The van der Waals surface area contributed by atoms with Crippen LogP contribution in [0.3, 0.4) is 0 Å². The Hall–Kier alpha value is -3.98. The molecule has 0 aliphatic heterocycles. The number of methoxy groups -OCH3 is 1. The van der Waals surface area contributed by atoms with Gasteiger partial charge in [0, 0.05) is 30.5 Å². The molecular weight excluding hydrogens is 336 g/mol. The zero-order valence-electron chi connectivity index (χ0n) is 13.8. The molecule has 1 aliphatic carbocycles. The SMILES string of the molecule is COc1cc(NCC(C#N)C#N)ccc1NN=C1C=CC(=[N+]([O-])[O-])C=C1. The van der Waals surface area contributed by atoms with Gasteiger partial charge in [0.2, 0.25) is 5.71 Å². The fourth-order valence-electron chi connectivity index (χ4n) is 2.01. The van der Waals surface area contributed by atoms with Crippen molar-refractivity contribution in [1.82, 2.24) is 0 Å². The Morgan fingerprint density at radius 2 is 1.88 bits per heavy atom. The number of rotatable bonds is 6. The maximum atomic E-state index is 10.6. The van der Waals surface area contributed by atoms with E-state index in [1.807, 2.05) is 12.1 Å². The second-order valence-electron chi connectivity index (χ2n) is 5.10. The van der Waals surface area contributed by atoms with Crippen LogP contribution in [0.4, 0.5) is 11.4 Å². The predicted molar refractivity (Wildman–Crippen MR) is 97.5 cm³/mol. The van der Waals surface area contributed by atoms with Gasteiger partial charge in [0.15, 0.2) is 0 Å². The van der Waals surface area contributed by atoms with Gasteiger partial charge in [-0.2, -0.15) is 20.5 Å². The molecule has 0 saturated carbocycles. The van der Waals surface area contributed by atoms with Gasteiger partial charge in [-0.15, -0.1) is 0 Å². The highest BCUT2D eigenvalue weighted by Crippen LogP contribution is 2.28. The van der Waals surface area contributed by atoms with Crippen molar-refractivity contribution in [2.24, 2.45) is 11.0 Å². The third kappa shape index (κ3) is 4.76. The molecule has 0 spiro atoms. The Labute approximate surface area is 150 Å². The first-order chi connectivity index (χ1) is 12.6. The largest absolute Gasteiger partial charge is 0.612 e. The van der Waals surface area contributed by atoms with Gasteiger partial charge in [0.1, 0.15) is 11.7 Å². The maximum absolute atomic E-state index is 10.6. The van der Waals surface area contributed by atoms with Crippen molar-refractivity contribution < 1.29 is 9.64 Å². The molecular formula is C17H15N6O3-. The molecule has 1 aromatic rings. The highest BCUT2D eigenvalue weighted by molar-refractivity contribution is 6.17. The molecule has 0 heterocycles. The standard InChI is InChI=1S/C17H15N6O3/c1-26-17-8-14(20-11-12(9-18)10-19)4-7-16(17)22-21-13-2-5-15(6-3-13)23(24)25/h2-8,12,20,22H,11H2,1H3/q-1. The number of nitriles is 2. The Morgan fingerprint density at radius 1 is 1.19 bits per heavy atom. The second-order valence-corrected chi connectivity index (χ2v) is 5.10. The molecule has 0 bridgehead atoms. The van der Waals surface area contributed by atoms with E-state index in [0.29, 0.717) is 22.8 Å². The minimum Gasteiger partial charge on any atom is -0.612 e. The number of benzene rings is 1. The van der Waals surface area contributed by atoms with Crippen LogP contribution in [0.1, 0.15) is 0 Å². The van der Waals surface area contributed by atoms with E-state index >= 15 is 0 Å². The Kier molecular flexibility index (Phi) is 6.18. The lowest BCUT2D eigenvalue weighted by atomic mass is 10.1. The van der Waals surface area contributed by atoms with Gasteiger partial charge in [0.05, 0.1) is 30.6 Å². The fourth-order valence-corrected chi connectivity index (χ4v) is 2.01. The summed E-state index contributed by atoms with van der Waals surface area (Å²) < 4.78 is 5.30. The summed E-state index contributed by atoms with van der Waals surface area (Å²) >= 11 is 0. The third-order valence-electron chi connectivity index (χ3n) is 3.39. The molecule has 9 heteroatoms. The van der Waals surface area contributed by atoms with Crippen LogP contribution in [-0.2, 0) is 0 Å². The number of hydrogen-bond acceptors (Lipinski definition) is 8.